The van der Waals surface area contributed by atoms with Crippen LogP contribution in [-0.4, -0.2) is 41.1 Å². The van der Waals surface area contributed by atoms with Crippen LogP contribution in [0, 0.1) is 6.92 Å². The molecule has 0 radical (unpaired) electrons. The molecular formula is C26H29N3O3S. The second kappa shape index (κ2) is 8.71. The summed E-state index contributed by atoms with van der Waals surface area (Å²) in [7, 11) is 2.11. The summed E-state index contributed by atoms with van der Waals surface area (Å²) >= 11 is 0.874. The molecule has 2 aromatic carbocycles. The van der Waals surface area contributed by atoms with Gasteiger partial charge in [-0.1, -0.05) is 25.1 Å². The van der Waals surface area contributed by atoms with Gasteiger partial charge in [0.2, 0.25) is 5.91 Å². The Labute approximate surface area is 199 Å². The molecule has 0 bridgehead atoms. The number of benzene rings is 2. The van der Waals surface area contributed by atoms with E-state index < -0.39 is 17.1 Å². The monoisotopic (exact) mass is 463 g/mol. The minimum Gasteiger partial charge on any atom is -0.369 e. The van der Waals surface area contributed by atoms with Gasteiger partial charge < -0.3 is 10.2 Å². The number of aryl methyl sites for hydroxylation is 1. The molecule has 2 aromatic rings. The van der Waals surface area contributed by atoms with Crippen molar-refractivity contribution < 1.29 is 14.4 Å². The lowest BCUT2D eigenvalue weighted by Gasteiger charge is -2.45. The first-order chi connectivity index (χ1) is 15.5. The minimum atomic E-state index is -0.437. The minimum absolute atomic E-state index is 0.0790. The molecule has 0 saturated carbocycles. The Bertz CT molecular complexity index is 1170. The Morgan fingerprint density at radius 2 is 1.97 bits per heavy atom. The summed E-state index contributed by atoms with van der Waals surface area (Å²) < 4.78 is 0. The van der Waals surface area contributed by atoms with Crippen LogP contribution in [-0.2, 0) is 9.59 Å². The van der Waals surface area contributed by atoms with E-state index >= 15 is 0 Å². The van der Waals surface area contributed by atoms with Crippen molar-refractivity contribution in [2.24, 2.45) is 0 Å². The third-order valence-corrected chi connectivity index (χ3v) is 7.34. The number of thioether (sulfide) groups is 1. The van der Waals surface area contributed by atoms with Crippen LogP contribution in [0.2, 0.25) is 0 Å². The first kappa shape index (κ1) is 23.1. The SMILES string of the molecule is Cc1cccc(NC(=O)CN2C(=O)S/C(=C/c3ccc4c(c3)C(C)CC(C)(C)N4C)C2=O)c1. The number of fused-ring (bicyclic) bond motifs is 1. The highest BCUT2D eigenvalue weighted by atomic mass is 32.2. The van der Waals surface area contributed by atoms with Gasteiger partial charge in [0.1, 0.15) is 6.54 Å². The fraction of sp³-hybridized carbons (Fsp3) is 0.346. The number of rotatable bonds is 4. The van der Waals surface area contributed by atoms with Gasteiger partial charge in [-0.3, -0.25) is 19.3 Å². The second-order valence-electron chi connectivity index (χ2n) is 9.48. The molecule has 1 N–H and O–H groups in total. The first-order valence-electron chi connectivity index (χ1n) is 11.0. The van der Waals surface area contributed by atoms with E-state index in [-0.39, 0.29) is 12.1 Å². The number of anilines is 2. The van der Waals surface area contributed by atoms with Gasteiger partial charge in [0.15, 0.2) is 0 Å². The third-order valence-electron chi connectivity index (χ3n) is 6.43. The Morgan fingerprint density at radius 1 is 1.21 bits per heavy atom. The van der Waals surface area contributed by atoms with Gasteiger partial charge >= 0.3 is 0 Å². The fourth-order valence-corrected chi connectivity index (χ4v) is 5.38. The summed E-state index contributed by atoms with van der Waals surface area (Å²) in [5.74, 6) is -0.453. The van der Waals surface area contributed by atoms with E-state index in [1.807, 2.05) is 31.2 Å². The van der Waals surface area contributed by atoms with E-state index in [1.165, 1.54) is 11.3 Å². The van der Waals surface area contributed by atoms with Crippen LogP contribution in [0.25, 0.3) is 6.08 Å². The maximum atomic E-state index is 12.9. The molecule has 1 fully saturated rings. The number of hydrogen-bond acceptors (Lipinski definition) is 5. The number of nitrogens with one attached hydrogen (secondary N) is 1. The lowest BCUT2D eigenvalue weighted by Crippen LogP contribution is -2.45. The zero-order chi connectivity index (χ0) is 23.9. The van der Waals surface area contributed by atoms with E-state index in [1.54, 1.807) is 12.1 Å². The van der Waals surface area contributed by atoms with E-state index in [4.69, 9.17) is 0 Å². The van der Waals surface area contributed by atoms with E-state index in [0.29, 0.717) is 16.5 Å². The quantitative estimate of drug-likeness (QED) is 0.616. The molecule has 33 heavy (non-hydrogen) atoms. The molecule has 6 nitrogen and oxygen atoms in total. The molecule has 0 aliphatic carbocycles. The zero-order valence-electron chi connectivity index (χ0n) is 19.6. The molecule has 1 unspecified atom stereocenters. The first-order valence-corrected chi connectivity index (χ1v) is 11.9. The van der Waals surface area contributed by atoms with Crippen LogP contribution in [0.4, 0.5) is 16.2 Å². The molecule has 1 saturated heterocycles. The molecule has 2 aliphatic rings. The number of carbonyl (C=O) groups is 3. The van der Waals surface area contributed by atoms with Crippen LogP contribution in [0.3, 0.4) is 0 Å². The standard InChI is InChI=1S/C26H29N3O3S/c1-16-7-6-8-19(11-16)27-23(30)15-29-24(31)22(33-25(29)32)13-18-9-10-21-20(12-18)17(2)14-26(3,4)28(21)5/h6-13,17H,14-15H2,1-5H3,(H,27,30)/b22-13+. The number of amides is 3. The topological polar surface area (TPSA) is 69.7 Å². The smallest absolute Gasteiger partial charge is 0.294 e. The normalized spacial score (nSPS) is 20.9. The molecule has 0 spiro atoms. The van der Waals surface area contributed by atoms with Gasteiger partial charge in [0, 0.05) is 24.0 Å². The summed E-state index contributed by atoms with van der Waals surface area (Å²) in [5.41, 5.74) is 5.03. The molecule has 3 amide bonds. The number of hydrogen-bond donors (Lipinski definition) is 1. The second-order valence-corrected chi connectivity index (χ2v) is 10.5. The molecule has 2 aliphatic heterocycles. The van der Waals surface area contributed by atoms with Crippen molar-refractivity contribution in [3.8, 4) is 0 Å². The van der Waals surface area contributed by atoms with Crippen LogP contribution >= 0.6 is 11.8 Å². The zero-order valence-corrected chi connectivity index (χ0v) is 20.5. The predicted octanol–water partition coefficient (Wildman–Crippen LogP) is 5.39. The van der Waals surface area contributed by atoms with Gasteiger partial charge in [-0.15, -0.1) is 0 Å². The highest BCUT2D eigenvalue weighted by molar-refractivity contribution is 8.18. The molecular weight excluding hydrogens is 434 g/mol. The average molecular weight is 464 g/mol. The van der Waals surface area contributed by atoms with Gasteiger partial charge in [-0.2, -0.15) is 0 Å². The van der Waals surface area contributed by atoms with Crippen molar-refractivity contribution in [2.75, 3.05) is 23.8 Å². The molecule has 1 atom stereocenters. The van der Waals surface area contributed by atoms with Crippen LogP contribution in [0.1, 0.15) is 49.8 Å². The van der Waals surface area contributed by atoms with Gasteiger partial charge in [-0.25, -0.2) is 0 Å². The number of carbonyl (C=O) groups excluding carboxylic acids is 3. The average Bonchev–Trinajstić information content (AvgIpc) is 2.99. The van der Waals surface area contributed by atoms with Crippen molar-refractivity contribution in [3.63, 3.8) is 0 Å². The summed E-state index contributed by atoms with van der Waals surface area (Å²) in [4.78, 5) is 41.4. The highest BCUT2D eigenvalue weighted by Crippen LogP contribution is 2.43. The van der Waals surface area contributed by atoms with E-state index in [9.17, 15) is 14.4 Å². The Balaban J connectivity index is 1.50. The van der Waals surface area contributed by atoms with Crippen molar-refractivity contribution in [1.82, 2.24) is 4.90 Å². The maximum absolute atomic E-state index is 12.9. The van der Waals surface area contributed by atoms with Crippen LogP contribution in [0.15, 0.2) is 47.4 Å². The largest absolute Gasteiger partial charge is 0.369 e. The maximum Gasteiger partial charge on any atom is 0.294 e. The lowest BCUT2D eigenvalue weighted by molar-refractivity contribution is -0.127. The van der Waals surface area contributed by atoms with Crippen LogP contribution < -0.4 is 10.2 Å². The molecule has 7 heteroatoms. The Morgan fingerprint density at radius 3 is 2.70 bits per heavy atom. The van der Waals surface area contributed by atoms with Crippen molar-refractivity contribution >= 4 is 46.3 Å². The summed E-state index contributed by atoms with van der Waals surface area (Å²) in [6.45, 7) is 8.32. The van der Waals surface area contributed by atoms with Crippen molar-refractivity contribution in [2.45, 2.75) is 45.6 Å². The van der Waals surface area contributed by atoms with Crippen molar-refractivity contribution in [3.05, 3.63) is 64.1 Å². The van der Waals surface area contributed by atoms with Crippen molar-refractivity contribution in [1.29, 1.82) is 0 Å². The molecule has 0 aromatic heterocycles. The molecule has 4 rings (SSSR count). The molecule has 172 valence electrons. The van der Waals surface area contributed by atoms with Crippen LogP contribution in [0.5, 0.6) is 0 Å². The van der Waals surface area contributed by atoms with Gasteiger partial charge in [-0.05, 0) is 91.9 Å². The fourth-order valence-electron chi connectivity index (χ4n) is 4.54. The summed E-state index contributed by atoms with van der Waals surface area (Å²) in [5, 5.41) is 2.31. The van der Waals surface area contributed by atoms with E-state index in [0.717, 1.165) is 34.2 Å². The number of nitrogens with zero attached hydrogens (tertiary/aromatic N) is 2. The lowest BCUT2D eigenvalue weighted by atomic mass is 9.80. The Kier molecular flexibility index (Phi) is 6.10. The Hall–Kier alpha value is -3.06. The van der Waals surface area contributed by atoms with Gasteiger partial charge in [0.05, 0.1) is 4.91 Å². The summed E-state index contributed by atoms with van der Waals surface area (Å²) in [6, 6.07) is 13.5. The molecule has 2 heterocycles. The van der Waals surface area contributed by atoms with E-state index in [2.05, 4.69) is 50.2 Å². The van der Waals surface area contributed by atoms with Gasteiger partial charge in [0.25, 0.3) is 11.1 Å². The number of imide groups is 1. The third kappa shape index (κ3) is 4.69. The summed E-state index contributed by atoms with van der Waals surface area (Å²) in [6.07, 6.45) is 2.78. The predicted molar refractivity (Wildman–Crippen MR) is 134 cm³/mol. The highest BCUT2D eigenvalue weighted by Gasteiger charge is 2.37.